The molecule has 1 saturated heterocycles. The third kappa shape index (κ3) is 3.29. The molecule has 4 rings (SSSR count). The van der Waals surface area contributed by atoms with Crippen molar-refractivity contribution in [1.82, 2.24) is 19.0 Å². The molecule has 0 aliphatic carbocycles. The van der Waals surface area contributed by atoms with E-state index < -0.39 is 10.0 Å². The number of rotatable bonds is 4. The van der Waals surface area contributed by atoms with Gasteiger partial charge < -0.3 is 9.64 Å². The van der Waals surface area contributed by atoms with Crippen molar-refractivity contribution in [2.75, 3.05) is 33.3 Å². The van der Waals surface area contributed by atoms with E-state index in [9.17, 15) is 13.2 Å². The summed E-state index contributed by atoms with van der Waals surface area (Å²) in [5.74, 6) is 0.269. The summed E-state index contributed by atoms with van der Waals surface area (Å²) in [6, 6.07) is 6.60. The zero-order valence-corrected chi connectivity index (χ0v) is 16.7. The van der Waals surface area contributed by atoms with Crippen LogP contribution in [0.4, 0.5) is 0 Å². The Morgan fingerprint density at radius 2 is 1.82 bits per heavy atom. The van der Waals surface area contributed by atoms with E-state index in [0.29, 0.717) is 24.4 Å². The summed E-state index contributed by atoms with van der Waals surface area (Å²) >= 11 is 0. The van der Waals surface area contributed by atoms with E-state index in [0.717, 1.165) is 31.5 Å². The lowest BCUT2D eigenvalue weighted by molar-refractivity contribution is 0.0696. The van der Waals surface area contributed by atoms with Crippen molar-refractivity contribution in [2.24, 2.45) is 0 Å². The standard InChI is InChI=1S/C19H24N4O4S/c1-27-17-7-2-3-8-18(17)28(25,26)22-12-10-21(11-13-22)19(24)15-14-20-23-9-5-4-6-16(15)23/h2-3,7-8,14H,4-6,9-13H2,1H3. The maximum Gasteiger partial charge on any atom is 0.257 e. The van der Waals surface area contributed by atoms with Crippen LogP contribution in [0.5, 0.6) is 5.75 Å². The third-order valence-corrected chi connectivity index (χ3v) is 7.36. The molecule has 0 spiro atoms. The Morgan fingerprint density at radius 3 is 2.57 bits per heavy atom. The van der Waals surface area contributed by atoms with Crippen LogP contribution in [0.15, 0.2) is 35.4 Å². The Morgan fingerprint density at radius 1 is 1.07 bits per heavy atom. The van der Waals surface area contributed by atoms with Gasteiger partial charge in [-0.05, 0) is 31.4 Å². The maximum atomic E-state index is 13.0. The van der Waals surface area contributed by atoms with Crippen LogP contribution >= 0.6 is 0 Å². The largest absolute Gasteiger partial charge is 0.495 e. The molecule has 28 heavy (non-hydrogen) atoms. The number of amides is 1. The first kappa shape index (κ1) is 18.9. The molecule has 3 heterocycles. The van der Waals surface area contributed by atoms with Crippen molar-refractivity contribution in [3.8, 4) is 5.75 Å². The Hall–Kier alpha value is -2.39. The van der Waals surface area contributed by atoms with Gasteiger partial charge >= 0.3 is 0 Å². The van der Waals surface area contributed by atoms with Gasteiger partial charge in [-0.1, -0.05) is 12.1 Å². The van der Waals surface area contributed by atoms with Crippen molar-refractivity contribution in [2.45, 2.75) is 30.7 Å². The maximum absolute atomic E-state index is 13.0. The van der Waals surface area contributed by atoms with E-state index in [1.807, 2.05) is 4.68 Å². The number of methoxy groups -OCH3 is 1. The fourth-order valence-corrected chi connectivity index (χ4v) is 5.45. The first-order valence-corrected chi connectivity index (χ1v) is 10.9. The van der Waals surface area contributed by atoms with Crippen LogP contribution < -0.4 is 4.74 Å². The zero-order chi connectivity index (χ0) is 19.7. The Labute approximate surface area is 164 Å². The molecule has 1 fully saturated rings. The number of benzene rings is 1. The van der Waals surface area contributed by atoms with Gasteiger partial charge in [0.25, 0.3) is 5.91 Å². The van der Waals surface area contributed by atoms with E-state index in [1.54, 1.807) is 35.4 Å². The Kier molecular flexibility index (Phi) is 5.11. The molecule has 1 amide bonds. The highest BCUT2D eigenvalue weighted by molar-refractivity contribution is 7.89. The summed E-state index contributed by atoms with van der Waals surface area (Å²) in [4.78, 5) is 14.8. The van der Waals surface area contributed by atoms with Crippen molar-refractivity contribution < 1.29 is 17.9 Å². The second-order valence-electron chi connectivity index (χ2n) is 7.03. The number of nitrogens with zero attached hydrogens (tertiary/aromatic N) is 4. The van der Waals surface area contributed by atoms with Gasteiger partial charge in [-0.3, -0.25) is 9.48 Å². The highest BCUT2D eigenvalue weighted by Crippen LogP contribution is 2.27. The van der Waals surface area contributed by atoms with Gasteiger partial charge in [0, 0.05) is 32.7 Å². The Bertz CT molecular complexity index is 978. The van der Waals surface area contributed by atoms with Gasteiger partial charge in [0.05, 0.1) is 24.6 Å². The highest BCUT2D eigenvalue weighted by atomic mass is 32.2. The molecule has 1 aromatic heterocycles. The highest BCUT2D eigenvalue weighted by Gasteiger charge is 2.33. The molecule has 0 bridgehead atoms. The predicted octanol–water partition coefficient (Wildman–Crippen LogP) is 1.37. The first-order valence-electron chi connectivity index (χ1n) is 9.49. The van der Waals surface area contributed by atoms with Gasteiger partial charge in [0.2, 0.25) is 10.0 Å². The van der Waals surface area contributed by atoms with Gasteiger partial charge in [-0.25, -0.2) is 8.42 Å². The summed E-state index contributed by atoms with van der Waals surface area (Å²) in [7, 11) is -2.21. The lowest BCUT2D eigenvalue weighted by Crippen LogP contribution is -2.50. The lowest BCUT2D eigenvalue weighted by atomic mass is 10.1. The third-order valence-electron chi connectivity index (χ3n) is 5.43. The molecule has 2 aliphatic heterocycles. The summed E-state index contributed by atoms with van der Waals surface area (Å²) in [6.45, 7) is 2.09. The van der Waals surface area contributed by atoms with Gasteiger partial charge in [0.15, 0.2) is 0 Å². The minimum Gasteiger partial charge on any atom is -0.495 e. The molecule has 2 aromatic rings. The van der Waals surface area contributed by atoms with Crippen LogP contribution in [-0.2, 0) is 23.0 Å². The number of piperazine rings is 1. The van der Waals surface area contributed by atoms with Crippen LogP contribution in [0.1, 0.15) is 28.9 Å². The number of aromatic nitrogens is 2. The molecule has 1 aromatic carbocycles. The number of carbonyl (C=O) groups is 1. The van der Waals surface area contributed by atoms with Crippen molar-refractivity contribution in [1.29, 1.82) is 0 Å². The van der Waals surface area contributed by atoms with Crippen molar-refractivity contribution in [3.05, 3.63) is 41.7 Å². The van der Waals surface area contributed by atoms with E-state index >= 15 is 0 Å². The van der Waals surface area contributed by atoms with E-state index in [-0.39, 0.29) is 23.9 Å². The molecule has 0 unspecified atom stereocenters. The average molecular weight is 404 g/mol. The Balaban J connectivity index is 1.47. The zero-order valence-electron chi connectivity index (χ0n) is 15.9. The van der Waals surface area contributed by atoms with Crippen LogP contribution in [-0.4, -0.2) is 66.6 Å². The fraction of sp³-hybridized carbons (Fsp3) is 0.474. The quantitative estimate of drug-likeness (QED) is 0.769. The molecule has 0 N–H and O–H groups in total. The fourth-order valence-electron chi connectivity index (χ4n) is 3.87. The van der Waals surface area contributed by atoms with Crippen LogP contribution in [0.3, 0.4) is 0 Å². The number of hydrogen-bond acceptors (Lipinski definition) is 5. The molecule has 9 heteroatoms. The molecule has 0 atom stereocenters. The second-order valence-corrected chi connectivity index (χ2v) is 8.94. The minimum atomic E-state index is -3.67. The first-order chi connectivity index (χ1) is 13.5. The molecule has 150 valence electrons. The topological polar surface area (TPSA) is 84.7 Å². The van der Waals surface area contributed by atoms with Crippen molar-refractivity contribution >= 4 is 15.9 Å². The van der Waals surface area contributed by atoms with Gasteiger partial charge in [-0.2, -0.15) is 9.40 Å². The van der Waals surface area contributed by atoms with E-state index in [1.165, 1.54) is 11.4 Å². The number of hydrogen-bond donors (Lipinski definition) is 0. The van der Waals surface area contributed by atoms with Crippen LogP contribution in [0.25, 0.3) is 0 Å². The summed E-state index contributed by atoms with van der Waals surface area (Å²) in [6.07, 6.45) is 4.67. The van der Waals surface area contributed by atoms with E-state index in [2.05, 4.69) is 5.10 Å². The lowest BCUT2D eigenvalue weighted by Gasteiger charge is -2.34. The minimum absolute atomic E-state index is 0.0579. The number of aryl methyl sites for hydroxylation is 1. The normalized spacial score (nSPS) is 18.0. The average Bonchev–Trinajstić information content (AvgIpc) is 3.17. The number of ether oxygens (including phenoxy) is 1. The van der Waals surface area contributed by atoms with Crippen LogP contribution in [0.2, 0.25) is 0 Å². The summed E-state index contributed by atoms with van der Waals surface area (Å²) in [5, 5.41) is 4.33. The summed E-state index contributed by atoms with van der Waals surface area (Å²) in [5.41, 5.74) is 1.65. The van der Waals surface area contributed by atoms with Crippen LogP contribution in [0, 0.1) is 0 Å². The second kappa shape index (κ2) is 7.56. The number of carbonyl (C=O) groups excluding carboxylic acids is 1. The molecule has 0 saturated carbocycles. The van der Waals surface area contributed by atoms with Gasteiger partial charge in [-0.15, -0.1) is 0 Å². The van der Waals surface area contributed by atoms with Crippen molar-refractivity contribution in [3.63, 3.8) is 0 Å². The van der Waals surface area contributed by atoms with Gasteiger partial charge in [0.1, 0.15) is 10.6 Å². The molecular weight excluding hydrogens is 380 g/mol. The molecule has 0 radical (unpaired) electrons. The monoisotopic (exact) mass is 404 g/mol. The predicted molar refractivity (Wildman–Crippen MR) is 103 cm³/mol. The number of fused-ring (bicyclic) bond motifs is 1. The summed E-state index contributed by atoms with van der Waals surface area (Å²) < 4.78 is 34.5. The molecule has 2 aliphatic rings. The molecule has 8 nitrogen and oxygen atoms in total. The number of para-hydroxylation sites is 1. The SMILES string of the molecule is COc1ccccc1S(=O)(=O)N1CCN(C(=O)c2cnn3c2CCCC3)CC1. The van der Waals surface area contributed by atoms with E-state index in [4.69, 9.17) is 4.74 Å². The number of sulfonamides is 1. The molecular formula is C19H24N4O4S. The smallest absolute Gasteiger partial charge is 0.257 e.